The number of nitrogens with zero attached hydrogens (tertiary/aromatic N) is 1. The topological polar surface area (TPSA) is 58.6 Å². The molecule has 1 aliphatic heterocycles. The van der Waals surface area contributed by atoms with E-state index in [-0.39, 0.29) is 17.9 Å². The first-order chi connectivity index (χ1) is 9.50. The Morgan fingerprint density at radius 1 is 1.30 bits per heavy atom. The lowest BCUT2D eigenvalue weighted by molar-refractivity contribution is -0.155. The summed E-state index contributed by atoms with van der Waals surface area (Å²) in [6.45, 7) is 9.62. The molecule has 1 heterocycles. The second-order valence-corrected chi connectivity index (χ2v) is 5.53. The van der Waals surface area contributed by atoms with Gasteiger partial charge in [-0.25, -0.2) is 0 Å². The molecule has 5 heteroatoms. The van der Waals surface area contributed by atoms with Crippen LogP contribution in [0.1, 0.15) is 53.4 Å². The van der Waals surface area contributed by atoms with Gasteiger partial charge in [-0.2, -0.15) is 0 Å². The number of piperazine rings is 1. The fraction of sp³-hybridized carbons (Fsp3) is 0.867. The van der Waals surface area contributed by atoms with Crippen LogP contribution in [0.25, 0.3) is 0 Å². The molecule has 1 fully saturated rings. The first-order valence-electron chi connectivity index (χ1n) is 7.71. The Morgan fingerprint density at radius 3 is 2.55 bits per heavy atom. The van der Waals surface area contributed by atoms with Crippen LogP contribution in [0.15, 0.2) is 0 Å². The van der Waals surface area contributed by atoms with Crippen LogP contribution in [0.4, 0.5) is 0 Å². The lowest BCUT2D eigenvalue weighted by Gasteiger charge is -2.44. The summed E-state index contributed by atoms with van der Waals surface area (Å²) in [5.41, 5.74) is -0.757. The number of nitrogens with one attached hydrogen (secondary N) is 1. The summed E-state index contributed by atoms with van der Waals surface area (Å²) in [4.78, 5) is 26.7. The minimum atomic E-state index is -0.757. The number of carbonyl (C=O) groups is 2. The maximum atomic E-state index is 12.6. The fourth-order valence-corrected chi connectivity index (χ4v) is 2.55. The smallest absolute Gasteiger partial charge is 0.248 e. The van der Waals surface area contributed by atoms with Crippen LogP contribution in [0, 0.1) is 0 Å². The monoisotopic (exact) mass is 284 g/mol. The van der Waals surface area contributed by atoms with E-state index in [4.69, 9.17) is 4.74 Å². The minimum absolute atomic E-state index is 0.0211. The zero-order valence-electron chi connectivity index (χ0n) is 13.2. The molecule has 0 aliphatic carbocycles. The van der Waals surface area contributed by atoms with E-state index in [2.05, 4.69) is 5.32 Å². The van der Waals surface area contributed by atoms with Gasteiger partial charge in [0.15, 0.2) is 0 Å². The number of ether oxygens (including phenoxy) is 1. The molecule has 0 bridgehead atoms. The van der Waals surface area contributed by atoms with Crippen molar-refractivity contribution in [1.82, 2.24) is 10.2 Å². The Labute approximate surface area is 122 Å². The maximum absolute atomic E-state index is 12.6. The first-order valence-corrected chi connectivity index (χ1v) is 7.71. The molecule has 1 aliphatic rings. The van der Waals surface area contributed by atoms with Crippen LogP contribution < -0.4 is 5.32 Å². The average Bonchev–Trinajstić information content (AvgIpc) is 2.43. The lowest BCUT2D eigenvalue weighted by atomic mass is 9.90. The molecular weight excluding hydrogens is 256 g/mol. The van der Waals surface area contributed by atoms with E-state index in [1.54, 1.807) is 4.90 Å². The van der Waals surface area contributed by atoms with Gasteiger partial charge in [-0.3, -0.25) is 9.59 Å². The summed E-state index contributed by atoms with van der Waals surface area (Å²) < 4.78 is 5.32. The normalized spacial score (nSPS) is 26.8. The number of hydrogen-bond donors (Lipinski definition) is 1. The molecule has 1 N–H and O–H groups in total. The molecule has 20 heavy (non-hydrogen) atoms. The number of carbonyl (C=O) groups excluding carboxylic acids is 2. The van der Waals surface area contributed by atoms with Gasteiger partial charge in [-0.05, 0) is 33.1 Å². The van der Waals surface area contributed by atoms with Crippen molar-refractivity contribution in [3.05, 3.63) is 0 Å². The highest BCUT2D eigenvalue weighted by Gasteiger charge is 2.46. The summed E-state index contributed by atoms with van der Waals surface area (Å²) in [6, 6.07) is -0.325. The molecule has 0 aromatic carbocycles. The highest BCUT2D eigenvalue weighted by Crippen LogP contribution is 2.23. The molecule has 2 atom stereocenters. The van der Waals surface area contributed by atoms with Crippen molar-refractivity contribution in [3.63, 3.8) is 0 Å². The second-order valence-electron chi connectivity index (χ2n) is 5.53. The van der Waals surface area contributed by atoms with Gasteiger partial charge in [0, 0.05) is 19.8 Å². The van der Waals surface area contributed by atoms with Crippen molar-refractivity contribution in [1.29, 1.82) is 0 Å². The van der Waals surface area contributed by atoms with Gasteiger partial charge >= 0.3 is 0 Å². The van der Waals surface area contributed by atoms with E-state index in [9.17, 15) is 9.59 Å². The minimum Gasteiger partial charge on any atom is -0.382 e. The number of amides is 2. The van der Waals surface area contributed by atoms with Crippen molar-refractivity contribution < 1.29 is 14.3 Å². The van der Waals surface area contributed by atoms with Crippen molar-refractivity contribution in [3.8, 4) is 0 Å². The lowest BCUT2D eigenvalue weighted by Crippen LogP contribution is -2.69. The Bertz CT molecular complexity index is 346. The van der Waals surface area contributed by atoms with Gasteiger partial charge in [0.1, 0.15) is 11.6 Å². The zero-order valence-corrected chi connectivity index (χ0v) is 13.2. The molecule has 1 rings (SSSR count). The SMILES string of the molecule is CCCC1C(=O)NC(C)(CC)C(=O)N1CCCOCC. The number of hydrogen-bond acceptors (Lipinski definition) is 3. The Kier molecular flexibility index (Phi) is 6.46. The molecule has 0 saturated carbocycles. The first kappa shape index (κ1) is 17.0. The maximum Gasteiger partial charge on any atom is 0.248 e. The summed E-state index contributed by atoms with van der Waals surface area (Å²) in [5, 5.41) is 2.90. The molecule has 0 aromatic rings. The van der Waals surface area contributed by atoms with E-state index in [0.717, 1.165) is 12.8 Å². The third-order valence-corrected chi connectivity index (χ3v) is 3.97. The van der Waals surface area contributed by atoms with Crippen LogP contribution in [0.2, 0.25) is 0 Å². The molecule has 0 spiro atoms. The average molecular weight is 284 g/mol. The number of rotatable bonds is 8. The largest absolute Gasteiger partial charge is 0.382 e. The highest BCUT2D eigenvalue weighted by atomic mass is 16.5. The quantitative estimate of drug-likeness (QED) is 0.690. The standard InChI is InChI=1S/C15H28N2O3/c1-5-9-12-13(18)16-15(4,6-2)14(19)17(12)10-8-11-20-7-3/h12H,5-11H2,1-4H3,(H,16,18). The van der Waals surface area contributed by atoms with Crippen molar-refractivity contribution in [2.24, 2.45) is 0 Å². The van der Waals surface area contributed by atoms with Gasteiger partial charge in [-0.1, -0.05) is 20.3 Å². The van der Waals surface area contributed by atoms with Crippen molar-refractivity contribution in [2.45, 2.75) is 65.0 Å². The van der Waals surface area contributed by atoms with E-state index in [1.165, 1.54) is 0 Å². The van der Waals surface area contributed by atoms with E-state index < -0.39 is 5.54 Å². The Hall–Kier alpha value is -1.10. The predicted octanol–water partition coefficient (Wildman–Crippen LogP) is 1.71. The van der Waals surface area contributed by atoms with Gasteiger partial charge in [0.2, 0.25) is 11.8 Å². The molecule has 1 saturated heterocycles. The third-order valence-electron chi connectivity index (χ3n) is 3.97. The molecular formula is C15H28N2O3. The van der Waals surface area contributed by atoms with Crippen LogP contribution in [-0.2, 0) is 14.3 Å². The van der Waals surface area contributed by atoms with Crippen LogP contribution in [0.3, 0.4) is 0 Å². The summed E-state index contributed by atoms with van der Waals surface area (Å²) in [7, 11) is 0. The Morgan fingerprint density at radius 2 is 2.00 bits per heavy atom. The molecule has 2 amide bonds. The van der Waals surface area contributed by atoms with Crippen LogP contribution in [0.5, 0.6) is 0 Å². The summed E-state index contributed by atoms with van der Waals surface area (Å²) in [5.74, 6) is 0.0155. The van der Waals surface area contributed by atoms with E-state index >= 15 is 0 Å². The second kappa shape index (κ2) is 7.62. The van der Waals surface area contributed by atoms with Crippen LogP contribution >= 0.6 is 0 Å². The zero-order chi connectivity index (χ0) is 15.2. The fourth-order valence-electron chi connectivity index (χ4n) is 2.55. The molecule has 0 radical (unpaired) electrons. The van der Waals surface area contributed by atoms with Crippen molar-refractivity contribution >= 4 is 11.8 Å². The van der Waals surface area contributed by atoms with E-state index in [0.29, 0.717) is 32.6 Å². The Balaban J connectivity index is 2.79. The summed E-state index contributed by atoms with van der Waals surface area (Å²) >= 11 is 0. The summed E-state index contributed by atoms with van der Waals surface area (Å²) in [6.07, 6.45) is 2.98. The third kappa shape index (κ3) is 3.72. The predicted molar refractivity (Wildman–Crippen MR) is 78.4 cm³/mol. The van der Waals surface area contributed by atoms with Gasteiger partial charge in [-0.15, -0.1) is 0 Å². The van der Waals surface area contributed by atoms with Crippen molar-refractivity contribution in [2.75, 3.05) is 19.8 Å². The molecule has 5 nitrogen and oxygen atoms in total. The van der Waals surface area contributed by atoms with Gasteiger partial charge < -0.3 is 15.0 Å². The van der Waals surface area contributed by atoms with Gasteiger partial charge in [0.05, 0.1) is 0 Å². The molecule has 0 aromatic heterocycles. The van der Waals surface area contributed by atoms with Crippen LogP contribution in [-0.4, -0.2) is 48.1 Å². The van der Waals surface area contributed by atoms with Gasteiger partial charge in [0.25, 0.3) is 0 Å². The highest BCUT2D eigenvalue weighted by molar-refractivity contribution is 5.99. The molecule has 116 valence electrons. The molecule has 2 unspecified atom stereocenters. The van der Waals surface area contributed by atoms with E-state index in [1.807, 2.05) is 27.7 Å².